The fourth-order valence-electron chi connectivity index (χ4n) is 4.48. The highest BCUT2D eigenvalue weighted by Crippen LogP contribution is 2.25. The molecule has 1 N–H and O–H groups in total. The summed E-state index contributed by atoms with van der Waals surface area (Å²) >= 11 is 0. The van der Waals surface area contributed by atoms with E-state index in [9.17, 15) is 14.3 Å². The number of hydrogen-bond acceptors (Lipinski definition) is 7. The van der Waals surface area contributed by atoms with Gasteiger partial charge >= 0.3 is 0 Å². The maximum absolute atomic E-state index is 14.0. The molecule has 2 heterocycles. The zero-order chi connectivity index (χ0) is 25.8. The first-order chi connectivity index (χ1) is 18.0. The summed E-state index contributed by atoms with van der Waals surface area (Å²) in [5.41, 5.74) is 1.74. The van der Waals surface area contributed by atoms with Crippen LogP contribution in [0.25, 0.3) is 11.0 Å². The lowest BCUT2D eigenvalue weighted by molar-refractivity contribution is 0.0663. The molecule has 1 atom stereocenters. The zero-order valence-electron chi connectivity index (χ0n) is 20.6. The predicted octanol–water partition coefficient (Wildman–Crippen LogP) is 4.59. The minimum Gasteiger partial charge on any atom is -0.491 e. The topological polar surface area (TPSA) is 75.4 Å². The number of aliphatic hydroxyl groups is 1. The summed E-state index contributed by atoms with van der Waals surface area (Å²) in [4.78, 5) is 17.0. The molecule has 37 heavy (non-hydrogen) atoms. The Labute approximate surface area is 214 Å². The van der Waals surface area contributed by atoms with Crippen LogP contribution < -0.4 is 19.8 Å². The lowest BCUT2D eigenvalue weighted by atomic mass is 10.2. The van der Waals surface area contributed by atoms with Gasteiger partial charge in [0.05, 0.1) is 11.1 Å². The minimum absolute atomic E-state index is 0.0951. The van der Waals surface area contributed by atoms with E-state index in [2.05, 4.69) is 4.90 Å². The van der Waals surface area contributed by atoms with E-state index in [-0.39, 0.29) is 23.6 Å². The number of hydrogen-bond donors (Lipinski definition) is 1. The zero-order valence-corrected chi connectivity index (χ0v) is 20.6. The van der Waals surface area contributed by atoms with Crippen LogP contribution in [0.15, 0.2) is 82.2 Å². The van der Waals surface area contributed by atoms with E-state index in [1.54, 1.807) is 36.4 Å². The van der Waals surface area contributed by atoms with Crippen molar-refractivity contribution in [2.45, 2.75) is 13.0 Å². The molecule has 1 aliphatic heterocycles. The first-order valence-electron chi connectivity index (χ1n) is 12.3. The molecule has 1 fully saturated rings. The number of rotatable bonds is 8. The third-order valence-corrected chi connectivity index (χ3v) is 6.41. The van der Waals surface area contributed by atoms with Crippen molar-refractivity contribution in [1.29, 1.82) is 0 Å². The van der Waals surface area contributed by atoms with Crippen molar-refractivity contribution in [3.8, 4) is 17.2 Å². The third-order valence-electron chi connectivity index (χ3n) is 6.41. The molecular formula is C29H29FN2O5. The number of aryl methyl sites for hydroxylation is 1. The third kappa shape index (κ3) is 5.93. The summed E-state index contributed by atoms with van der Waals surface area (Å²) in [5, 5.41) is 10.9. The smallest absolute Gasteiger partial charge is 0.235 e. The van der Waals surface area contributed by atoms with E-state index in [1.807, 2.05) is 36.1 Å². The van der Waals surface area contributed by atoms with E-state index >= 15 is 0 Å². The van der Waals surface area contributed by atoms with E-state index in [1.165, 1.54) is 12.3 Å². The van der Waals surface area contributed by atoms with Gasteiger partial charge in [-0.2, -0.15) is 0 Å². The van der Waals surface area contributed by atoms with Gasteiger partial charge in [-0.3, -0.25) is 9.69 Å². The quantitative estimate of drug-likeness (QED) is 0.376. The molecule has 0 saturated carbocycles. The second-order valence-corrected chi connectivity index (χ2v) is 9.21. The van der Waals surface area contributed by atoms with Crippen molar-refractivity contribution < 1.29 is 23.4 Å². The molecule has 192 valence electrons. The highest BCUT2D eigenvalue weighted by molar-refractivity contribution is 5.79. The van der Waals surface area contributed by atoms with E-state index < -0.39 is 6.10 Å². The van der Waals surface area contributed by atoms with Crippen molar-refractivity contribution in [3.05, 3.63) is 94.6 Å². The van der Waals surface area contributed by atoms with Crippen LogP contribution in [0.2, 0.25) is 0 Å². The van der Waals surface area contributed by atoms with Gasteiger partial charge in [-0.1, -0.05) is 24.3 Å². The Hall–Kier alpha value is -3.88. The summed E-state index contributed by atoms with van der Waals surface area (Å²) in [6.45, 7) is 5.31. The molecule has 0 amide bonds. The molecule has 1 aromatic heterocycles. The van der Waals surface area contributed by atoms with Gasteiger partial charge in [0, 0.05) is 38.8 Å². The largest absolute Gasteiger partial charge is 0.491 e. The maximum atomic E-state index is 14.0. The van der Waals surface area contributed by atoms with Crippen LogP contribution in [-0.2, 0) is 0 Å². The number of para-hydroxylation sites is 1. The van der Waals surface area contributed by atoms with Crippen LogP contribution in [0.4, 0.5) is 10.1 Å². The second kappa shape index (κ2) is 11.0. The number of anilines is 1. The Morgan fingerprint density at radius 3 is 2.59 bits per heavy atom. The van der Waals surface area contributed by atoms with E-state index in [0.717, 1.165) is 18.7 Å². The van der Waals surface area contributed by atoms with Gasteiger partial charge in [-0.05, 0) is 48.9 Å². The summed E-state index contributed by atoms with van der Waals surface area (Å²) in [6.07, 6.45) is 0.597. The van der Waals surface area contributed by atoms with Gasteiger partial charge in [0.15, 0.2) is 0 Å². The number of fused-ring (bicyclic) bond motifs is 1. The Morgan fingerprint density at radius 2 is 1.81 bits per heavy atom. The molecule has 5 rings (SSSR count). The number of benzene rings is 3. The first-order valence-corrected chi connectivity index (χ1v) is 12.3. The van der Waals surface area contributed by atoms with Crippen LogP contribution in [0.5, 0.6) is 17.2 Å². The monoisotopic (exact) mass is 504 g/mol. The molecule has 1 saturated heterocycles. The van der Waals surface area contributed by atoms with Crippen LogP contribution in [-0.4, -0.2) is 55.4 Å². The van der Waals surface area contributed by atoms with Gasteiger partial charge in [0.1, 0.15) is 41.9 Å². The number of ether oxygens (including phenoxy) is 2. The van der Waals surface area contributed by atoms with Crippen molar-refractivity contribution >= 4 is 16.7 Å². The van der Waals surface area contributed by atoms with Crippen molar-refractivity contribution in [2.24, 2.45) is 0 Å². The van der Waals surface area contributed by atoms with Gasteiger partial charge < -0.3 is 23.9 Å². The highest BCUT2D eigenvalue weighted by Gasteiger charge is 2.21. The van der Waals surface area contributed by atoms with E-state index in [0.29, 0.717) is 47.8 Å². The Morgan fingerprint density at radius 1 is 1.00 bits per heavy atom. The normalized spacial score (nSPS) is 15.1. The van der Waals surface area contributed by atoms with Crippen LogP contribution in [0, 0.1) is 12.7 Å². The standard InChI is InChI=1S/C29H29FN2O5/c1-20-5-4-6-23(15-20)37-28-19-36-27-16-22(9-10-24(27)29(28)34)35-18-21(33)17-31-11-13-32(14-12-31)26-8-3-2-7-25(26)30/h2-10,15-16,19,21,33H,11-14,17-18H2,1H3/t21-/m0/s1. The number of piperazine rings is 1. The molecular weight excluding hydrogens is 475 g/mol. The predicted molar refractivity (Wildman–Crippen MR) is 140 cm³/mol. The average Bonchev–Trinajstić information content (AvgIpc) is 2.90. The summed E-state index contributed by atoms with van der Waals surface area (Å²) < 4.78 is 31.2. The highest BCUT2D eigenvalue weighted by atomic mass is 19.1. The van der Waals surface area contributed by atoms with Crippen LogP contribution >= 0.6 is 0 Å². The van der Waals surface area contributed by atoms with Crippen molar-refractivity contribution in [2.75, 3.05) is 44.2 Å². The van der Waals surface area contributed by atoms with Gasteiger partial charge in [-0.15, -0.1) is 0 Å². The van der Waals surface area contributed by atoms with Gasteiger partial charge in [-0.25, -0.2) is 4.39 Å². The number of β-amino-alcohol motifs (C(OH)–C–C–N with tert-alkyl or cyclic N) is 1. The molecule has 0 aliphatic carbocycles. The lowest BCUT2D eigenvalue weighted by Gasteiger charge is -2.36. The molecule has 0 radical (unpaired) electrons. The van der Waals surface area contributed by atoms with Crippen molar-refractivity contribution in [3.63, 3.8) is 0 Å². The second-order valence-electron chi connectivity index (χ2n) is 9.21. The Balaban J connectivity index is 1.15. The lowest BCUT2D eigenvalue weighted by Crippen LogP contribution is -2.49. The Kier molecular flexibility index (Phi) is 7.39. The average molecular weight is 505 g/mol. The van der Waals surface area contributed by atoms with Crippen LogP contribution in [0.1, 0.15) is 5.56 Å². The molecule has 0 unspecified atom stereocenters. The van der Waals surface area contributed by atoms with Gasteiger partial charge in [0.25, 0.3) is 0 Å². The summed E-state index contributed by atoms with van der Waals surface area (Å²) in [6, 6.07) is 19.2. The van der Waals surface area contributed by atoms with Crippen molar-refractivity contribution in [1.82, 2.24) is 4.90 Å². The Bertz CT molecular complexity index is 1430. The molecule has 0 spiro atoms. The first kappa shape index (κ1) is 24.8. The fourth-order valence-corrected chi connectivity index (χ4v) is 4.48. The fraction of sp³-hybridized carbons (Fsp3) is 0.276. The minimum atomic E-state index is -0.701. The number of halogens is 1. The maximum Gasteiger partial charge on any atom is 0.235 e. The molecule has 8 heteroatoms. The van der Waals surface area contributed by atoms with E-state index in [4.69, 9.17) is 13.9 Å². The SMILES string of the molecule is Cc1cccc(Oc2coc3cc(OC[C@@H](O)CN4CCN(c5ccccc5F)CC4)ccc3c2=O)c1. The number of aliphatic hydroxyl groups excluding tert-OH is 1. The number of nitrogens with zero attached hydrogens (tertiary/aromatic N) is 2. The summed E-state index contributed by atoms with van der Waals surface area (Å²) in [5.74, 6) is 0.948. The molecule has 0 bridgehead atoms. The molecule has 4 aromatic rings. The molecule has 3 aromatic carbocycles. The summed E-state index contributed by atoms with van der Waals surface area (Å²) in [7, 11) is 0. The van der Waals surface area contributed by atoms with Gasteiger partial charge in [0.2, 0.25) is 11.2 Å². The molecule has 1 aliphatic rings. The van der Waals surface area contributed by atoms with Crippen LogP contribution in [0.3, 0.4) is 0 Å². The molecule has 7 nitrogen and oxygen atoms in total.